The Morgan fingerprint density at radius 3 is 2.81 bits per heavy atom. The summed E-state index contributed by atoms with van der Waals surface area (Å²) < 4.78 is 12.2. The van der Waals surface area contributed by atoms with Crippen LogP contribution in [0.2, 0.25) is 0 Å². The summed E-state index contributed by atoms with van der Waals surface area (Å²) in [4.78, 5) is 15.0. The van der Waals surface area contributed by atoms with E-state index in [2.05, 4.69) is 21.6 Å². The second kappa shape index (κ2) is 9.65. The Kier molecular flexibility index (Phi) is 6.50. The number of likely N-dealkylation sites (tertiary alicyclic amines) is 1. The van der Waals surface area contributed by atoms with Gasteiger partial charge in [-0.25, -0.2) is 0 Å². The molecule has 1 unspecified atom stereocenters. The van der Waals surface area contributed by atoms with Gasteiger partial charge in [0.25, 0.3) is 0 Å². The summed E-state index contributed by atoms with van der Waals surface area (Å²) in [5, 5.41) is 12.9. The normalized spacial score (nSPS) is 21.3. The highest BCUT2D eigenvalue weighted by molar-refractivity contribution is 8.01. The summed E-state index contributed by atoms with van der Waals surface area (Å²) in [5.74, 6) is 2.11. The number of fused-ring (bicyclic) bond motifs is 1. The van der Waals surface area contributed by atoms with E-state index >= 15 is 0 Å². The number of carbonyl (C=O) groups is 1. The van der Waals surface area contributed by atoms with Crippen LogP contribution in [0.5, 0.6) is 11.5 Å². The Balaban J connectivity index is 1.17. The summed E-state index contributed by atoms with van der Waals surface area (Å²) in [6, 6.07) is 6.66. The van der Waals surface area contributed by atoms with Gasteiger partial charge in [-0.05, 0) is 43.4 Å². The number of nitrogens with one attached hydrogen (secondary N) is 1. The SMILES string of the molecule is O=C(CSc1nnc(NC2CCCCC2)s1)N1CCCC1c1ccc2c(c1)OCCO2. The Hall–Kier alpha value is -2.00. The molecule has 1 amide bonds. The van der Waals surface area contributed by atoms with Crippen LogP contribution < -0.4 is 14.8 Å². The van der Waals surface area contributed by atoms with Crippen molar-refractivity contribution in [1.82, 2.24) is 15.1 Å². The van der Waals surface area contributed by atoms with Crippen LogP contribution in [-0.2, 0) is 4.79 Å². The van der Waals surface area contributed by atoms with Crippen molar-refractivity contribution < 1.29 is 14.3 Å². The van der Waals surface area contributed by atoms with Crippen LogP contribution in [-0.4, -0.2) is 52.6 Å². The van der Waals surface area contributed by atoms with Crippen LogP contribution in [0.3, 0.4) is 0 Å². The van der Waals surface area contributed by atoms with Gasteiger partial charge in [0.05, 0.1) is 11.8 Å². The van der Waals surface area contributed by atoms with Crippen molar-refractivity contribution in [3.63, 3.8) is 0 Å². The first-order valence-electron chi connectivity index (χ1n) is 11.2. The molecular weight excluding hydrogens is 432 g/mol. The second-order valence-electron chi connectivity index (χ2n) is 8.29. The van der Waals surface area contributed by atoms with Gasteiger partial charge in [-0.3, -0.25) is 4.79 Å². The Bertz CT molecular complexity index is 916. The van der Waals surface area contributed by atoms with E-state index in [9.17, 15) is 4.79 Å². The summed E-state index contributed by atoms with van der Waals surface area (Å²) in [6.45, 7) is 1.95. The number of ether oxygens (including phenoxy) is 2. The van der Waals surface area contributed by atoms with Crippen LogP contribution in [0.25, 0.3) is 0 Å². The number of hydrogen-bond acceptors (Lipinski definition) is 8. The van der Waals surface area contributed by atoms with Crippen LogP contribution >= 0.6 is 23.1 Å². The molecule has 0 spiro atoms. The number of amides is 1. The molecule has 3 heterocycles. The van der Waals surface area contributed by atoms with Gasteiger partial charge in [0.1, 0.15) is 13.2 Å². The lowest BCUT2D eigenvalue weighted by atomic mass is 9.96. The molecule has 0 radical (unpaired) electrons. The molecule has 1 N–H and O–H groups in total. The van der Waals surface area contributed by atoms with Crippen molar-refractivity contribution >= 4 is 34.1 Å². The fourth-order valence-corrected chi connectivity index (χ4v) is 6.35. The van der Waals surface area contributed by atoms with Crippen molar-refractivity contribution in [3.8, 4) is 11.5 Å². The van der Waals surface area contributed by atoms with Gasteiger partial charge in [0.2, 0.25) is 11.0 Å². The fraction of sp³-hybridized carbons (Fsp3) is 0.591. The molecule has 31 heavy (non-hydrogen) atoms. The van der Waals surface area contributed by atoms with Crippen molar-refractivity contribution in [2.24, 2.45) is 0 Å². The summed E-state index contributed by atoms with van der Waals surface area (Å²) >= 11 is 3.04. The van der Waals surface area contributed by atoms with Crippen LogP contribution in [0.15, 0.2) is 22.5 Å². The Morgan fingerprint density at radius 1 is 1.10 bits per heavy atom. The van der Waals surface area contributed by atoms with Crippen LogP contribution in [0.4, 0.5) is 5.13 Å². The minimum Gasteiger partial charge on any atom is -0.486 e. The molecule has 166 valence electrons. The van der Waals surface area contributed by atoms with Crippen molar-refractivity contribution in [1.29, 1.82) is 0 Å². The zero-order chi connectivity index (χ0) is 21.0. The molecule has 1 saturated carbocycles. The minimum absolute atomic E-state index is 0.0990. The number of hydrogen-bond donors (Lipinski definition) is 1. The maximum atomic E-state index is 13.0. The lowest BCUT2D eigenvalue weighted by Gasteiger charge is -2.26. The topological polar surface area (TPSA) is 76.6 Å². The summed E-state index contributed by atoms with van der Waals surface area (Å²) in [5.41, 5.74) is 1.12. The highest BCUT2D eigenvalue weighted by atomic mass is 32.2. The second-order valence-corrected chi connectivity index (χ2v) is 10.5. The standard InChI is InChI=1S/C22H28N4O3S2/c27-20(14-30-22-25-24-21(31-22)23-16-5-2-1-3-6-16)26-10-4-7-17(26)15-8-9-18-19(13-15)29-12-11-28-18/h8-9,13,16-17H,1-7,10-12,14H2,(H,23,24). The number of thioether (sulfide) groups is 1. The van der Waals surface area contributed by atoms with Gasteiger partial charge in [-0.1, -0.05) is 48.4 Å². The first kappa shape index (κ1) is 20.9. The molecule has 0 bridgehead atoms. The molecule has 2 fully saturated rings. The van der Waals surface area contributed by atoms with E-state index in [0.29, 0.717) is 25.0 Å². The quantitative estimate of drug-likeness (QED) is 0.636. The first-order valence-corrected chi connectivity index (χ1v) is 13.0. The summed E-state index contributed by atoms with van der Waals surface area (Å²) in [6.07, 6.45) is 8.31. The molecule has 2 aliphatic heterocycles. The maximum Gasteiger partial charge on any atom is 0.233 e. The van der Waals surface area contributed by atoms with E-state index < -0.39 is 0 Å². The predicted molar refractivity (Wildman–Crippen MR) is 122 cm³/mol. The van der Waals surface area contributed by atoms with E-state index in [0.717, 1.165) is 45.9 Å². The van der Waals surface area contributed by atoms with Gasteiger partial charge in [-0.2, -0.15) is 0 Å². The zero-order valence-electron chi connectivity index (χ0n) is 17.5. The van der Waals surface area contributed by atoms with E-state index in [1.165, 1.54) is 43.9 Å². The molecule has 3 aliphatic rings. The molecule has 2 aromatic rings. The molecule has 1 aromatic heterocycles. The Labute approximate surface area is 190 Å². The zero-order valence-corrected chi connectivity index (χ0v) is 19.2. The van der Waals surface area contributed by atoms with Gasteiger partial charge < -0.3 is 19.7 Å². The van der Waals surface area contributed by atoms with E-state index in [1.54, 1.807) is 11.3 Å². The van der Waals surface area contributed by atoms with Crippen molar-refractivity contribution in [2.75, 3.05) is 30.8 Å². The third kappa shape index (κ3) is 4.92. The maximum absolute atomic E-state index is 13.0. The van der Waals surface area contributed by atoms with Crippen LogP contribution in [0.1, 0.15) is 56.6 Å². The van der Waals surface area contributed by atoms with E-state index in [-0.39, 0.29) is 11.9 Å². The largest absolute Gasteiger partial charge is 0.486 e. The number of anilines is 1. The van der Waals surface area contributed by atoms with Gasteiger partial charge >= 0.3 is 0 Å². The Morgan fingerprint density at radius 2 is 1.94 bits per heavy atom. The smallest absolute Gasteiger partial charge is 0.233 e. The average molecular weight is 461 g/mol. The first-order chi connectivity index (χ1) is 15.3. The van der Waals surface area contributed by atoms with Gasteiger partial charge in [0, 0.05) is 12.6 Å². The monoisotopic (exact) mass is 460 g/mol. The minimum atomic E-state index is 0.0990. The summed E-state index contributed by atoms with van der Waals surface area (Å²) in [7, 11) is 0. The molecular formula is C22H28N4O3S2. The van der Waals surface area contributed by atoms with E-state index in [1.807, 2.05) is 17.0 Å². The average Bonchev–Trinajstić information content (AvgIpc) is 3.48. The molecule has 9 heteroatoms. The lowest BCUT2D eigenvalue weighted by molar-refractivity contribution is -0.129. The number of nitrogens with zero attached hydrogens (tertiary/aromatic N) is 3. The van der Waals surface area contributed by atoms with E-state index in [4.69, 9.17) is 9.47 Å². The molecule has 1 aromatic carbocycles. The van der Waals surface area contributed by atoms with Crippen molar-refractivity contribution in [3.05, 3.63) is 23.8 Å². The molecule has 7 nitrogen and oxygen atoms in total. The lowest BCUT2D eigenvalue weighted by Crippen LogP contribution is -2.32. The highest BCUT2D eigenvalue weighted by Crippen LogP contribution is 2.38. The molecule has 1 atom stereocenters. The molecule has 1 aliphatic carbocycles. The van der Waals surface area contributed by atoms with Gasteiger partial charge in [-0.15, -0.1) is 10.2 Å². The number of rotatable bonds is 6. The third-order valence-corrected chi connectivity index (χ3v) is 8.16. The number of carbonyl (C=O) groups excluding carboxylic acids is 1. The van der Waals surface area contributed by atoms with Crippen molar-refractivity contribution in [2.45, 2.75) is 61.4 Å². The number of aromatic nitrogens is 2. The predicted octanol–water partition coefficient (Wildman–Crippen LogP) is 4.51. The fourth-order valence-electron chi connectivity index (χ4n) is 4.63. The van der Waals surface area contributed by atoms with Crippen LogP contribution in [0, 0.1) is 0 Å². The number of benzene rings is 1. The molecule has 5 rings (SSSR count). The van der Waals surface area contributed by atoms with Gasteiger partial charge in [0.15, 0.2) is 15.8 Å². The molecule has 1 saturated heterocycles. The third-order valence-electron chi connectivity index (χ3n) is 6.18. The highest BCUT2D eigenvalue weighted by Gasteiger charge is 2.31.